The molecule has 2 unspecified atom stereocenters. The monoisotopic (exact) mass is 257 g/mol. The van der Waals surface area contributed by atoms with Crippen molar-refractivity contribution in [3.63, 3.8) is 0 Å². The predicted molar refractivity (Wildman–Crippen MR) is 63.1 cm³/mol. The van der Waals surface area contributed by atoms with Gasteiger partial charge in [-0.15, -0.1) is 0 Å². The molecule has 1 aliphatic heterocycles. The number of aliphatic hydroxyl groups is 1. The van der Waals surface area contributed by atoms with Crippen LogP contribution in [0.3, 0.4) is 0 Å². The highest BCUT2D eigenvalue weighted by Crippen LogP contribution is 2.47. The number of nitrogens with two attached hydrogens (primary N) is 1. The van der Waals surface area contributed by atoms with Gasteiger partial charge in [0.05, 0.1) is 18.8 Å². The number of rotatable bonds is 3. The van der Waals surface area contributed by atoms with Gasteiger partial charge in [0.25, 0.3) is 0 Å². The fraction of sp³-hybridized carbons (Fsp3) is 0.818. The summed E-state index contributed by atoms with van der Waals surface area (Å²) in [7, 11) is 0. The number of carbonyl (C=O) groups is 1. The van der Waals surface area contributed by atoms with Gasteiger partial charge in [-0.3, -0.25) is 4.79 Å². The zero-order chi connectivity index (χ0) is 13.3. The molecule has 0 aromatic rings. The van der Waals surface area contributed by atoms with Crippen LogP contribution in [-0.4, -0.2) is 58.9 Å². The first kappa shape index (κ1) is 13.1. The number of amides is 1. The molecule has 2 atom stereocenters. The van der Waals surface area contributed by atoms with E-state index in [0.29, 0.717) is 25.9 Å². The topological polar surface area (TPSA) is 108 Å². The van der Waals surface area contributed by atoms with Crippen molar-refractivity contribution in [1.29, 1.82) is 0 Å². The van der Waals surface area contributed by atoms with Crippen molar-refractivity contribution in [2.75, 3.05) is 19.7 Å². The first-order valence-corrected chi connectivity index (χ1v) is 6.07. The molecule has 2 fully saturated rings. The van der Waals surface area contributed by atoms with Crippen molar-refractivity contribution < 1.29 is 19.8 Å². The Morgan fingerprint density at radius 3 is 2.72 bits per heavy atom. The molecular formula is C11H19N3O4. The van der Waals surface area contributed by atoms with Crippen LogP contribution in [-0.2, 0) is 9.53 Å². The summed E-state index contributed by atoms with van der Waals surface area (Å²) in [6, 6.07) is 0. The van der Waals surface area contributed by atoms with Crippen LogP contribution in [0.15, 0.2) is 5.16 Å². The number of amidine groups is 1. The highest BCUT2D eigenvalue weighted by atomic mass is 16.5. The Morgan fingerprint density at radius 2 is 2.22 bits per heavy atom. The lowest BCUT2D eigenvalue weighted by atomic mass is 10.0. The molecule has 7 heteroatoms. The summed E-state index contributed by atoms with van der Waals surface area (Å²) >= 11 is 0. The van der Waals surface area contributed by atoms with E-state index < -0.39 is 5.41 Å². The summed E-state index contributed by atoms with van der Waals surface area (Å²) in [5, 5.41) is 20.8. The molecule has 2 aliphatic rings. The SMILES string of the molecule is CC1CN(C(=O)C2(C(N)=NO)CC2)CC(CO)O1. The van der Waals surface area contributed by atoms with Crippen LogP contribution in [0.4, 0.5) is 0 Å². The van der Waals surface area contributed by atoms with Crippen LogP contribution in [0.1, 0.15) is 19.8 Å². The zero-order valence-electron chi connectivity index (χ0n) is 10.4. The van der Waals surface area contributed by atoms with Gasteiger partial charge in [0.2, 0.25) is 5.91 Å². The minimum absolute atomic E-state index is 0.0211. The van der Waals surface area contributed by atoms with Crippen molar-refractivity contribution in [2.45, 2.75) is 32.0 Å². The predicted octanol–water partition coefficient (Wildman–Crippen LogP) is -0.879. The molecule has 1 saturated heterocycles. The second kappa shape index (κ2) is 4.74. The van der Waals surface area contributed by atoms with Gasteiger partial charge in [-0.05, 0) is 19.8 Å². The maximum absolute atomic E-state index is 12.4. The van der Waals surface area contributed by atoms with E-state index in [0.717, 1.165) is 0 Å². The van der Waals surface area contributed by atoms with Crippen LogP contribution in [0.5, 0.6) is 0 Å². The largest absolute Gasteiger partial charge is 0.409 e. The van der Waals surface area contributed by atoms with Crippen LogP contribution < -0.4 is 5.73 Å². The fourth-order valence-corrected chi connectivity index (χ4v) is 2.41. The molecule has 0 bridgehead atoms. The molecule has 1 heterocycles. The van der Waals surface area contributed by atoms with E-state index in [-0.39, 0.29) is 30.6 Å². The number of hydrogen-bond donors (Lipinski definition) is 3. The van der Waals surface area contributed by atoms with Gasteiger partial charge in [0, 0.05) is 13.1 Å². The van der Waals surface area contributed by atoms with E-state index in [1.54, 1.807) is 4.90 Å². The number of carbonyl (C=O) groups excluding carboxylic acids is 1. The van der Waals surface area contributed by atoms with Crippen LogP contribution in [0.25, 0.3) is 0 Å². The first-order chi connectivity index (χ1) is 8.53. The van der Waals surface area contributed by atoms with E-state index in [1.807, 2.05) is 6.92 Å². The summed E-state index contributed by atoms with van der Waals surface area (Å²) in [5.74, 6) is -0.154. The lowest BCUT2D eigenvalue weighted by Gasteiger charge is -2.37. The van der Waals surface area contributed by atoms with Crippen molar-refractivity contribution in [3.8, 4) is 0 Å². The number of aliphatic hydroxyl groups excluding tert-OH is 1. The van der Waals surface area contributed by atoms with Crippen LogP contribution >= 0.6 is 0 Å². The summed E-state index contributed by atoms with van der Waals surface area (Å²) in [6.45, 7) is 2.55. The first-order valence-electron chi connectivity index (χ1n) is 6.07. The standard InChI is InChI=1S/C11H19N3O4/c1-7-4-14(5-8(6-15)18-7)10(16)11(2-3-11)9(12)13-17/h7-8,15,17H,2-6H2,1H3,(H2,12,13). The molecule has 0 aromatic carbocycles. The number of oxime groups is 1. The molecule has 0 radical (unpaired) electrons. The average molecular weight is 257 g/mol. The highest BCUT2D eigenvalue weighted by Gasteiger charge is 2.56. The molecule has 7 nitrogen and oxygen atoms in total. The quantitative estimate of drug-likeness (QED) is 0.263. The van der Waals surface area contributed by atoms with E-state index >= 15 is 0 Å². The van der Waals surface area contributed by atoms with Gasteiger partial charge >= 0.3 is 0 Å². The van der Waals surface area contributed by atoms with Gasteiger partial charge in [-0.2, -0.15) is 0 Å². The van der Waals surface area contributed by atoms with Crippen molar-refractivity contribution >= 4 is 11.7 Å². The third kappa shape index (κ3) is 2.15. The Morgan fingerprint density at radius 1 is 1.56 bits per heavy atom. The molecular weight excluding hydrogens is 238 g/mol. The van der Waals surface area contributed by atoms with Crippen molar-refractivity contribution in [3.05, 3.63) is 0 Å². The minimum Gasteiger partial charge on any atom is -0.409 e. The van der Waals surface area contributed by atoms with E-state index in [2.05, 4.69) is 5.16 Å². The molecule has 4 N–H and O–H groups in total. The van der Waals surface area contributed by atoms with Gasteiger partial charge in [0.1, 0.15) is 5.41 Å². The number of hydrogen-bond acceptors (Lipinski definition) is 5. The molecule has 2 rings (SSSR count). The third-order valence-electron chi connectivity index (χ3n) is 3.57. The van der Waals surface area contributed by atoms with E-state index in [1.165, 1.54) is 0 Å². The highest BCUT2D eigenvalue weighted by molar-refractivity contribution is 6.09. The second-order valence-corrected chi connectivity index (χ2v) is 5.03. The molecule has 102 valence electrons. The summed E-state index contributed by atoms with van der Waals surface area (Å²) < 4.78 is 5.48. The van der Waals surface area contributed by atoms with E-state index in [9.17, 15) is 4.79 Å². The number of nitrogens with zero attached hydrogens (tertiary/aromatic N) is 2. The normalized spacial score (nSPS) is 31.2. The van der Waals surface area contributed by atoms with E-state index in [4.69, 9.17) is 20.8 Å². The van der Waals surface area contributed by atoms with Gasteiger partial charge in [-0.25, -0.2) is 0 Å². The molecule has 1 aliphatic carbocycles. The summed E-state index contributed by atoms with van der Waals surface area (Å²) in [6.07, 6.45) is 0.734. The maximum atomic E-state index is 12.4. The molecule has 18 heavy (non-hydrogen) atoms. The Hall–Kier alpha value is -1.34. The average Bonchev–Trinajstić information content (AvgIpc) is 3.17. The summed E-state index contributed by atoms with van der Waals surface area (Å²) in [5.41, 5.74) is 4.77. The zero-order valence-corrected chi connectivity index (χ0v) is 10.4. The fourth-order valence-electron chi connectivity index (χ4n) is 2.41. The van der Waals surface area contributed by atoms with Gasteiger partial charge in [-0.1, -0.05) is 5.16 Å². The van der Waals surface area contributed by atoms with Crippen molar-refractivity contribution in [2.24, 2.45) is 16.3 Å². The number of ether oxygens (including phenoxy) is 1. The summed E-state index contributed by atoms with van der Waals surface area (Å²) in [4.78, 5) is 14.0. The number of morpholine rings is 1. The Bertz CT molecular complexity index is 367. The Kier molecular flexibility index (Phi) is 3.45. The minimum atomic E-state index is -0.828. The molecule has 0 spiro atoms. The van der Waals surface area contributed by atoms with Gasteiger partial charge in [0.15, 0.2) is 5.84 Å². The second-order valence-electron chi connectivity index (χ2n) is 5.03. The maximum Gasteiger partial charge on any atom is 0.236 e. The molecule has 1 amide bonds. The molecule has 0 aromatic heterocycles. The van der Waals surface area contributed by atoms with Crippen molar-refractivity contribution in [1.82, 2.24) is 4.90 Å². The van der Waals surface area contributed by atoms with Gasteiger partial charge < -0.3 is 25.7 Å². The van der Waals surface area contributed by atoms with Crippen LogP contribution in [0, 0.1) is 5.41 Å². The smallest absolute Gasteiger partial charge is 0.236 e. The lowest BCUT2D eigenvalue weighted by molar-refractivity contribution is -0.150. The lowest BCUT2D eigenvalue weighted by Crippen LogP contribution is -2.54. The Balaban J connectivity index is 2.09. The Labute approximate surface area is 105 Å². The van der Waals surface area contributed by atoms with Crippen LogP contribution in [0.2, 0.25) is 0 Å². The third-order valence-corrected chi connectivity index (χ3v) is 3.57. The molecule has 1 saturated carbocycles.